The van der Waals surface area contributed by atoms with E-state index in [1.54, 1.807) is 30.5 Å². The number of hydrogen-bond acceptors (Lipinski definition) is 3. The van der Waals surface area contributed by atoms with Crippen LogP contribution >= 0.6 is 0 Å². The molecule has 0 atom stereocenters. The van der Waals surface area contributed by atoms with Crippen molar-refractivity contribution in [3.8, 4) is 11.5 Å². The molecule has 0 aliphatic heterocycles. The maximum Gasteiger partial charge on any atom is 0.153 e. The van der Waals surface area contributed by atoms with Gasteiger partial charge < -0.3 is 10.5 Å². The van der Waals surface area contributed by atoms with Gasteiger partial charge in [0, 0.05) is 17.6 Å². The van der Waals surface area contributed by atoms with Crippen LogP contribution in [0, 0.1) is 5.82 Å². The van der Waals surface area contributed by atoms with E-state index in [-0.39, 0.29) is 5.69 Å². The van der Waals surface area contributed by atoms with Crippen LogP contribution in [0.2, 0.25) is 0 Å². The molecule has 0 amide bonds. The lowest BCUT2D eigenvalue weighted by atomic mass is 10.2. The molecule has 3 nitrogen and oxygen atoms in total. The van der Waals surface area contributed by atoms with Crippen molar-refractivity contribution in [1.29, 1.82) is 0 Å². The Balaban J connectivity index is 1.99. The van der Waals surface area contributed by atoms with E-state index in [0.717, 1.165) is 10.9 Å². The molecule has 3 rings (SSSR count). The minimum atomic E-state index is -0.489. The van der Waals surface area contributed by atoms with Gasteiger partial charge >= 0.3 is 0 Å². The van der Waals surface area contributed by atoms with Gasteiger partial charge in [0.25, 0.3) is 0 Å². The molecule has 94 valence electrons. The van der Waals surface area contributed by atoms with Gasteiger partial charge in [-0.1, -0.05) is 12.1 Å². The van der Waals surface area contributed by atoms with Crippen LogP contribution < -0.4 is 10.5 Å². The molecule has 0 spiro atoms. The lowest BCUT2D eigenvalue weighted by molar-refractivity contribution is 0.481. The fraction of sp³-hybridized carbons (Fsp3) is 0. The number of para-hydroxylation sites is 1. The van der Waals surface area contributed by atoms with Crippen molar-refractivity contribution in [2.45, 2.75) is 0 Å². The third-order valence-electron chi connectivity index (χ3n) is 2.82. The molecule has 0 aliphatic rings. The van der Waals surface area contributed by atoms with Crippen molar-refractivity contribution in [3.63, 3.8) is 0 Å². The number of halogens is 1. The Morgan fingerprint density at radius 3 is 2.84 bits per heavy atom. The number of rotatable bonds is 2. The lowest BCUT2D eigenvalue weighted by Gasteiger charge is -2.09. The highest BCUT2D eigenvalue weighted by molar-refractivity contribution is 5.79. The molecule has 1 heterocycles. The maximum atomic E-state index is 13.3. The second-order valence-corrected chi connectivity index (χ2v) is 4.11. The van der Waals surface area contributed by atoms with E-state index >= 15 is 0 Å². The van der Waals surface area contributed by atoms with Crippen LogP contribution in [-0.2, 0) is 0 Å². The van der Waals surface area contributed by atoms with Gasteiger partial charge in [-0.25, -0.2) is 4.39 Å². The van der Waals surface area contributed by atoms with E-state index in [1.807, 2.05) is 18.2 Å². The standard InChI is InChI=1S/C15H11FN2O/c16-12-4-1-5-14(15(12)17)19-11-7-6-10-3-2-8-18-13(10)9-11/h1-9H,17H2. The average molecular weight is 254 g/mol. The number of aromatic nitrogens is 1. The summed E-state index contributed by atoms with van der Waals surface area (Å²) in [4.78, 5) is 4.24. The van der Waals surface area contributed by atoms with Gasteiger partial charge in [-0.05, 0) is 30.3 Å². The predicted octanol–water partition coefficient (Wildman–Crippen LogP) is 3.75. The highest BCUT2D eigenvalue weighted by Gasteiger charge is 2.07. The van der Waals surface area contributed by atoms with Crippen LogP contribution in [0.15, 0.2) is 54.7 Å². The SMILES string of the molecule is Nc1c(F)cccc1Oc1ccc2cccnc2c1. The molecule has 0 aliphatic carbocycles. The average Bonchev–Trinajstić information content (AvgIpc) is 2.44. The number of pyridine rings is 1. The van der Waals surface area contributed by atoms with Gasteiger partial charge in [0.2, 0.25) is 0 Å². The summed E-state index contributed by atoms with van der Waals surface area (Å²) >= 11 is 0. The van der Waals surface area contributed by atoms with Gasteiger partial charge in [0.15, 0.2) is 5.75 Å². The molecule has 2 aromatic carbocycles. The van der Waals surface area contributed by atoms with Crippen LogP contribution in [0.4, 0.5) is 10.1 Å². The molecule has 0 unspecified atom stereocenters. The normalized spacial score (nSPS) is 10.6. The molecule has 4 heteroatoms. The number of fused-ring (bicyclic) bond motifs is 1. The number of nitrogen functional groups attached to an aromatic ring is 1. The van der Waals surface area contributed by atoms with Gasteiger partial charge in [-0.15, -0.1) is 0 Å². The molecule has 0 fully saturated rings. The van der Waals surface area contributed by atoms with E-state index in [1.165, 1.54) is 6.07 Å². The zero-order valence-electron chi connectivity index (χ0n) is 10.0. The third kappa shape index (κ3) is 2.20. The molecule has 2 N–H and O–H groups in total. The minimum absolute atomic E-state index is 0.00335. The second kappa shape index (κ2) is 4.57. The first-order chi connectivity index (χ1) is 9.24. The molecule has 1 aromatic heterocycles. The van der Waals surface area contributed by atoms with Gasteiger partial charge in [0.05, 0.1) is 5.52 Å². The number of nitrogens with two attached hydrogens (primary N) is 1. The second-order valence-electron chi connectivity index (χ2n) is 4.11. The zero-order chi connectivity index (χ0) is 13.2. The Labute approximate surface area is 109 Å². The van der Waals surface area contributed by atoms with Crippen LogP contribution in [0.25, 0.3) is 10.9 Å². The minimum Gasteiger partial charge on any atom is -0.455 e. The first kappa shape index (κ1) is 11.5. The van der Waals surface area contributed by atoms with Crippen LogP contribution in [0.5, 0.6) is 11.5 Å². The highest BCUT2D eigenvalue weighted by atomic mass is 19.1. The van der Waals surface area contributed by atoms with E-state index in [9.17, 15) is 4.39 Å². The smallest absolute Gasteiger partial charge is 0.153 e. The number of ether oxygens (including phenoxy) is 1. The number of benzene rings is 2. The highest BCUT2D eigenvalue weighted by Crippen LogP contribution is 2.30. The van der Waals surface area contributed by atoms with Crippen molar-refractivity contribution < 1.29 is 9.13 Å². The first-order valence-electron chi connectivity index (χ1n) is 5.81. The van der Waals surface area contributed by atoms with Gasteiger partial charge in [-0.3, -0.25) is 4.98 Å². The monoisotopic (exact) mass is 254 g/mol. The van der Waals surface area contributed by atoms with Crippen molar-refractivity contribution in [1.82, 2.24) is 4.98 Å². The summed E-state index contributed by atoms with van der Waals surface area (Å²) < 4.78 is 18.9. The largest absolute Gasteiger partial charge is 0.455 e. The molecule has 3 aromatic rings. The first-order valence-corrected chi connectivity index (χ1v) is 5.81. The van der Waals surface area contributed by atoms with Crippen LogP contribution in [0.3, 0.4) is 0 Å². The molecule has 0 saturated carbocycles. The molecule has 19 heavy (non-hydrogen) atoms. The van der Waals surface area contributed by atoms with Crippen molar-refractivity contribution in [2.75, 3.05) is 5.73 Å². The molecular formula is C15H11FN2O. The fourth-order valence-corrected chi connectivity index (χ4v) is 1.84. The van der Waals surface area contributed by atoms with E-state index in [2.05, 4.69) is 4.98 Å². The zero-order valence-corrected chi connectivity index (χ0v) is 10.0. The summed E-state index contributed by atoms with van der Waals surface area (Å²) in [6, 6.07) is 13.8. The Kier molecular flexibility index (Phi) is 2.76. The number of hydrogen-bond donors (Lipinski definition) is 1. The fourth-order valence-electron chi connectivity index (χ4n) is 1.84. The quantitative estimate of drug-likeness (QED) is 0.708. The summed E-state index contributed by atoms with van der Waals surface area (Å²) in [6.07, 6.45) is 1.71. The summed E-state index contributed by atoms with van der Waals surface area (Å²) in [5.74, 6) is 0.384. The van der Waals surface area contributed by atoms with Crippen molar-refractivity contribution in [3.05, 3.63) is 60.5 Å². The van der Waals surface area contributed by atoms with Crippen LogP contribution in [0.1, 0.15) is 0 Å². The van der Waals surface area contributed by atoms with Gasteiger partial charge in [-0.2, -0.15) is 0 Å². The number of nitrogens with zero attached hydrogens (tertiary/aromatic N) is 1. The molecule has 0 bridgehead atoms. The van der Waals surface area contributed by atoms with E-state index in [4.69, 9.17) is 10.5 Å². The Morgan fingerprint density at radius 1 is 1.05 bits per heavy atom. The summed E-state index contributed by atoms with van der Waals surface area (Å²) in [6.45, 7) is 0. The third-order valence-corrected chi connectivity index (χ3v) is 2.82. The Bertz CT molecular complexity index is 743. The lowest BCUT2D eigenvalue weighted by Crippen LogP contribution is -1.95. The van der Waals surface area contributed by atoms with Crippen molar-refractivity contribution in [2.24, 2.45) is 0 Å². The maximum absolute atomic E-state index is 13.3. The summed E-state index contributed by atoms with van der Waals surface area (Å²) in [5, 5.41) is 1.02. The molecule has 0 radical (unpaired) electrons. The van der Waals surface area contributed by atoms with Gasteiger partial charge in [0.1, 0.15) is 17.3 Å². The Hall–Kier alpha value is -2.62. The van der Waals surface area contributed by atoms with Crippen LogP contribution in [-0.4, -0.2) is 4.98 Å². The molecular weight excluding hydrogens is 243 g/mol. The predicted molar refractivity (Wildman–Crippen MR) is 72.6 cm³/mol. The molecule has 0 saturated heterocycles. The topological polar surface area (TPSA) is 48.1 Å². The van der Waals surface area contributed by atoms with Crippen molar-refractivity contribution >= 4 is 16.6 Å². The number of anilines is 1. The summed E-state index contributed by atoms with van der Waals surface area (Å²) in [5.41, 5.74) is 6.45. The van der Waals surface area contributed by atoms with E-state index in [0.29, 0.717) is 11.5 Å². The van der Waals surface area contributed by atoms with E-state index < -0.39 is 5.82 Å². The summed E-state index contributed by atoms with van der Waals surface area (Å²) in [7, 11) is 0. The Morgan fingerprint density at radius 2 is 1.95 bits per heavy atom.